The number of aromatic nitrogens is 3. The molecule has 1 aromatic heterocycles. The molecule has 0 aliphatic heterocycles. The highest BCUT2D eigenvalue weighted by Crippen LogP contribution is 1.99. The third kappa shape index (κ3) is 1.71. The molecule has 2 rings (SSSR count). The molecule has 6 heteroatoms. The van der Waals surface area contributed by atoms with Crippen LogP contribution in [-0.4, -0.2) is 13.7 Å². The zero-order valence-electron chi connectivity index (χ0n) is 10.2. The van der Waals surface area contributed by atoms with Crippen molar-refractivity contribution in [3.63, 3.8) is 0 Å². The van der Waals surface area contributed by atoms with Gasteiger partial charge in [-0.2, -0.15) is 0 Å². The summed E-state index contributed by atoms with van der Waals surface area (Å²) in [7, 11) is 1.36. The molecule has 0 N–H and O–H groups in total. The Labute approximate surface area is 102 Å². The summed E-state index contributed by atoms with van der Waals surface area (Å²) in [6, 6.07) is 8.53. The van der Waals surface area contributed by atoms with Crippen LogP contribution < -0.4 is 17.1 Å². The van der Waals surface area contributed by atoms with Crippen LogP contribution in [0.2, 0.25) is 0 Å². The number of hydrogen-bond donors (Lipinski definition) is 0. The molecule has 0 spiro atoms. The lowest BCUT2D eigenvalue weighted by Crippen LogP contribution is -2.52. The van der Waals surface area contributed by atoms with E-state index in [1.54, 1.807) is 37.3 Å². The van der Waals surface area contributed by atoms with Gasteiger partial charge in [-0.25, -0.2) is 28.1 Å². The van der Waals surface area contributed by atoms with Gasteiger partial charge in [-0.3, -0.25) is 0 Å². The van der Waals surface area contributed by atoms with Crippen LogP contribution in [0.25, 0.3) is 5.69 Å². The van der Waals surface area contributed by atoms with Gasteiger partial charge in [0.05, 0.1) is 5.69 Å². The molecule has 2 aromatic rings. The summed E-state index contributed by atoms with van der Waals surface area (Å²) < 4.78 is 2.94. The molecule has 6 nitrogen and oxygen atoms in total. The fourth-order valence-corrected chi connectivity index (χ4v) is 1.77. The van der Waals surface area contributed by atoms with Crippen LogP contribution in [0.3, 0.4) is 0 Å². The molecule has 0 radical (unpaired) electrons. The second-order valence-electron chi connectivity index (χ2n) is 3.82. The van der Waals surface area contributed by atoms with Gasteiger partial charge in [0.1, 0.15) is 0 Å². The van der Waals surface area contributed by atoms with Crippen LogP contribution in [0, 0.1) is 0 Å². The highest BCUT2D eigenvalue weighted by molar-refractivity contribution is 5.30. The summed E-state index contributed by atoms with van der Waals surface area (Å²) in [5.74, 6) is 0. The zero-order valence-corrected chi connectivity index (χ0v) is 10.2. The Kier molecular flexibility index (Phi) is 3.01. The fourth-order valence-electron chi connectivity index (χ4n) is 1.77. The van der Waals surface area contributed by atoms with Crippen LogP contribution >= 0.6 is 0 Å². The van der Waals surface area contributed by atoms with Crippen molar-refractivity contribution < 1.29 is 0 Å². The Hall–Kier alpha value is -2.37. The van der Waals surface area contributed by atoms with Crippen molar-refractivity contribution in [3.05, 3.63) is 61.8 Å². The number of hydrogen-bond acceptors (Lipinski definition) is 3. The van der Waals surface area contributed by atoms with Crippen molar-refractivity contribution in [1.29, 1.82) is 0 Å². The fraction of sp³-hybridized carbons (Fsp3) is 0.250. The lowest BCUT2D eigenvalue weighted by Gasteiger charge is -2.09. The van der Waals surface area contributed by atoms with Crippen molar-refractivity contribution in [1.82, 2.24) is 13.7 Å². The molecule has 0 bridgehead atoms. The summed E-state index contributed by atoms with van der Waals surface area (Å²) in [6.07, 6.45) is 0. The number of para-hydroxylation sites is 1. The minimum Gasteiger partial charge on any atom is -0.248 e. The van der Waals surface area contributed by atoms with Crippen LogP contribution in [0.15, 0.2) is 44.7 Å². The Bertz CT molecular complexity index is 738. The lowest BCUT2D eigenvalue weighted by atomic mass is 10.3. The second-order valence-corrected chi connectivity index (χ2v) is 3.82. The summed E-state index contributed by atoms with van der Waals surface area (Å²) in [5.41, 5.74) is -1.40. The first-order chi connectivity index (χ1) is 8.57. The maximum absolute atomic E-state index is 12.1. The molecule has 0 unspecified atom stereocenters. The van der Waals surface area contributed by atoms with Gasteiger partial charge >= 0.3 is 17.1 Å². The van der Waals surface area contributed by atoms with E-state index in [4.69, 9.17) is 0 Å². The largest absolute Gasteiger partial charge is 0.340 e. The van der Waals surface area contributed by atoms with E-state index in [1.165, 1.54) is 7.05 Å². The van der Waals surface area contributed by atoms with Gasteiger partial charge in [-0.1, -0.05) is 18.2 Å². The molecule has 0 saturated heterocycles. The van der Waals surface area contributed by atoms with Gasteiger partial charge in [0.25, 0.3) is 0 Å². The monoisotopic (exact) mass is 247 g/mol. The zero-order chi connectivity index (χ0) is 13.3. The normalized spacial score (nSPS) is 10.6. The van der Waals surface area contributed by atoms with Crippen LogP contribution in [0.1, 0.15) is 6.92 Å². The van der Waals surface area contributed by atoms with Gasteiger partial charge in [0.2, 0.25) is 0 Å². The predicted molar refractivity (Wildman–Crippen MR) is 67.2 cm³/mol. The molecule has 1 heterocycles. The third-order valence-corrected chi connectivity index (χ3v) is 2.75. The standard InChI is InChI=1S/C12H13N3O3/c1-3-14-10(16)13(2)11(17)15(12(14)18)9-7-5-4-6-8-9/h4-8H,3H2,1-2H3. The van der Waals surface area contributed by atoms with E-state index in [0.29, 0.717) is 5.69 Å². The van der Waals surface area contributed by atoms with Crippen molar-refractivity contribution in [2.45, 2.75) is 13.5 Å². The van der Waals surface area contributed by atoms with E-state index in [9.17, 15) is 14.4 Å². The van der Waals surface area contributed by atoms with Gasteiger partial charge < -0.3 is 0 Å². The highest BCUT2D eigenvalue weighted by Gasteiger charge is 2.12. The smallest absolute Gasteiger partial charge is 0.248 e. The Morgan fingerprint density at radius 3 is 2.11 bits per heavy atom. The molecule has 0 aliphatic carbocycles. The first-order valence-corrected chi connectivity index (χ1v) is 5.56. The average Bonchev–Trinajstić information content (AvgIpc) is 2.38. The van der Waals surface area contributed by atoms with E-state index in [0.717, 1.165) is 13.7 Å². The van der Waals surface area contributed by atoms with Crippen LogP contribution in [0.5, 0.6) is 0 Å². The maximum Gasteiger partial charge on any atom is 0.340 e. The molecule has 0 saturated carbocycles. The van der Waals surface area contributed by atoms with E-state index >= 15 is 0 Å². The van der Waals surface area contributed by atoms with E-state index < -0.39 is 17.1 Å². The molecule has 18 heavy (non-hydrogen) atoms. The lowest BCUT2D eigenvalue weighted by molar-refractivity contribution is 0.542. The molecule has 0 aliphatic rings. The van der Waals surface area contributed by atoms with E-state index in [2.05, 4.69) is 0 Å². The van der Waals surface area contributed by atoms with Crippen molar-refractivity contribution in [3.8, 4) is 5.69 Å². The highest BCUT2D eigenvalue weighted by atomic mass is 16.2. The maximum atomic E-state index is 12.1. The molecular formula is C12H13N3O3. The number of nitrogens with zero attached hydrogens (tertiary/aromatic N) is 3. The molecule has 94 valence electrons. The Balaban J connectivity index is 2.94. The summed E-state index contributed by atoms with van der Waals surface area (Å²) >= 11 is 0. The van der Waals surface area contributed by atoms with E-state index in [1.807, 2.05) is 0 Å². The average molecular weight is 247 g/mol. The summed E-state index contributed by atoms with van der Waals surface area (Å²) in [5, 5.41) is 0. The van der Waals surface area contributed by atoms with Gasteiger partial charge in [0.15, 0.2) is 0 Å². The van der Waals surface area contributed by atoms with Crippen LogP contribution in [-0.2, 0) is 13.6 Å². The first-order valence-electron chi connectivity index (χ1n) is 5.56. The van der Waals surface area contributed by atoms with Crippen molar-refractivity contribution >= 4 is 0 Å². The van der Waals surface area contributed by atoms with Gasteiger partial charge in [-0.05, 0) is 19.1 Å². The minimum atomic E-state index is -0.638. The van der Waals surface area contributed by atoms with Gasteiger partial charge in [-0.15, -0.1) is 0 Å². The van der Waals surface area contributed by atoms with Gasteiger partial charge in [0, 0.05) is 13.6 Å². The molecule has 0 atom stereocenters. The number of benzene rings is 1. The van der Waals surface area contributed by atoms with Crippen LogP contribution in [0.4, 0.5) is 0 Å². The minimum absolute atomic E-state index is 0.221. The summed E-state index contributed by atoms with van der Waals surface area (Å²) in [6.45, 7) is 1.90. The third-order valence-electron chi connectivity index (χ3n) is 2.75. The molecule has 0 fully saturated rings. The van der Waals surface area contributed by atoms with Crippen molar-refractivity contribution in [2.24, 2.45) is 7.05 Å². The Morgan fingerprint density at radius 2 is 1.56 bits per heavy atom. The molecule has 0 amide bonds. The quantitative estimate of drug-likeness (QED) is 0.733. The molecular weight excluding hydrogens is 234 g/mol. The first kappa shape index (κ1) is 12.1. The number of rotatable bonds is 2. The van der Waals surface area contributed by atoms with E-state index in [-0.39, 0.29) is 6.54 Å². The summed E-state index contributed by atoms with van der Waals surface area (Å²) in [4.78, 5) is 35.8. The van der Waals surface area contributed by atoms with Crippen molar-refractivity contribution in [2.75, 3.05) is 0 Å². The second kappa shape index (κ2) is 4.48. The predicted octanol–water partition coefficient (Wildman–Crippen LogP) is -0.282. The topological polar surface area (TPSA) is 66.0 Å². The Morgan fingerprint density at radius 1 is 0.944 bits per heavy atom. The molecule has 1 aromatic carbocycles. The SMILES string of the molecule is CCn1c(=O)n(C)c(=O)n(-c2ccccc2)c1=O.